The molecule has 0 amide bonds. The first-order chi connectivity index (χ1) is 9.11. The monoisotopic (exact) mass is 301 g/mol. The van der Waals surface area contributed by atoms with E-state index in [1.165, 1.54) is 0 Å². The summed E-state index contributed by atoms with van der Waals surface area (Å²) in [5.41, 5.74) is 14.8. The topological polar surface area (TPSA) is 194 Å². The molecule has 0 fully saturated rings. The van der Waals surface area contributed by atoms with Gasteiger partial charge in [0.05, 0.1) is 16.1 Å². The highest BCUT2D eigenvalue weighted by Gasteiger charge is 2.16. The van der Waals surface area contributed by atoms with Crippen LogP contribution >= 0.6 is 0 Å². The van der Waals surface area contributed by atoms with Crippen LogP contribution in [0.25, 0.3) is 0 Å². The van der Waals surface area contributed by atoms with E-state index in [4.69, 9.17) is 26.9 Å². The minimum atomic E-state index is -4.53. The number of benzene rings is 1. The lowest BCUT2D eigenvalue weighted by atomic mass is 10.2. The predicted molar refractivity (Wildman–Crippen MR) is 70.3 cm³/mol. The van der Waals surface area contributed by atoms with Gasteiger partial charge in [-0.1, -0.05) is 0 Å². The van der Waals surface area contributed by atoms with Crippen molar-refractivity contribution in [3.63, 3.8) is 0 Å². The van der Waals surface area contributed by atoms with Crippen molar-refractivity contribution in [2.75, 3.05) is 0 Å². The van der Waals surface area contributed by atoms with Crippen LogP contribution in [0.1, 0.15) is 10.4 Å². The summed E-state index contributed by atoms with van der Waals surface area (Å²) in [6.07, 6.45) is 0. The van der Waals surface area contributed by atoms with Gasteiger partial charge in [-0.15, -0.1) is 0 Å². The number of hydrogen-bond acceptors (Lipinski definition) is 4. The molecule has 0 bridgehead atoms. The van der Waals surface area contributed by atoms with Crippen LogP contribution < -0.4 is 17.2 Å². The van der Waals surface area contributed by atoms with Gasteiger partial charge in [0.25, 0.3) is 10.1 Å². The van der Waals surface area contributed by atoms with Crippen LogP contribution in [0.5, 0.6) is 0 Å². The number of nitrogens with zero attached hydrogens (tertiary/aromatic N) is 2. The molecular weight excluding hydrogens is 290 g/mol. The molecule has 0 unspecified atom stereocenters. The summed E-state index contributed by atoms with van der Waals surface area (Å²) in [6.45, 7) is 0. The van der Waals surface area contributed by atoms with E-state index in [1.54, 1.807) is 0 Å². The maximum absolute atomic E-state index is 11.0. The van der Waals surface area contributed by atoms with E-state index in [0.29, 0.717) is 0 Å². The Morgan fingerprint density at radius 3 is 2.25 bits per heavy atom. The molecule has 1 aromatic rings. The Hall–Kier alpha value is -2.66. The average Bonchev–Trinajstić information content (AvgIpc) is 2.26. The first kappa shape index (κ1) is 15.4. The molecule has 0 radical (unpaired) electrons. The van der Waals surface area contributed by atoms with Crippen LogP contribution in [0, 0.1) is 0 Å². The van der Waals surface area contributed by atoms with Gasteiger partial charge in [-0.3, -0.25) is 4.55 Å². The van der Waals surface area contributed by atoms with E-state index in [-0.39, 0.29) is 11.6 Å². The number of guanidine groups is 2. The van der Waals surface area contributed by atoms with Gasteiger partial charge >= 0.3 is 5.97 Å². The first-order valence-corrected chi connectivity index (χ1v) is 6.34. The number of carboxylic acids is 1. The third-order valence-corrected chi connectivity index (χ3v) is 2.82. The summed E-state index contributed by atoms with van der Waals surface area (Å²) in [5, 5.41) is 8.98. The van der Waals surface area contributed by atoms with Crippen molar-refractivity contribution in [3.05, 3.63) is 23.8 Å². The zero-order valence-corrected chi connectivity index (χ0v) is 10.7. The Bertz CT molecular complexity index is 705. The molecule has 0 saturated carbocycles. The molecule has 10 nitrogen and oxygen atoms in total. The quantitative estimate of drug-likeness (QED) is 0.262. The van der Waals surface area contributed by atoms with Gasteiger partial charge in [0, 0.05) is 0 Å². The Balaban J connectivity index is 3.43. The van der Waals surface area contributed by atoms with E-state index < -0.39 is 32.5 Å². The van der Waals surface area contributed by atoms with Crippen molar-refractivity contribution < 1.29 is 22.9 Å². The molecule has 8 N–H and O–H groups in total. The third kappa shape index (κ3) is 3.93. The molecule has 1 rings (SSSR count). The van der Waals surface area contributed by atoms with Crippen molar-refractivity contribution in [1.82, 2.24) is 0 Å². The van der Waals surface area contributed by atoms with E-state index in [0.717, 1.165) is 18.2 Å². The van der Waals surface area contributed by atoms with Gasteiger partial charge in [-0.05, 0) is 18.2 Å². The van der Waals surface area contributed by atoms with Crippen LogP contribution in [-0.4, -0.2) is 36.0 Å². The number of rotatable bonds is 3. The molecule has 0 saturated heterocycles. The summed E-state index contributed by atoms with van der Waals surface area (Å²) < 4.78 is 30.7. The Kier molecular flexibility index (Phi) is 4.27. The molecule has 0 aliphatic rings. The Morgan fingerprint density at radius 1 is 1.20 bits per heavy atom. The minimum absolute atomic E-state index is 0.174. The molecule has 0 heterocycles. The second-order valence-electron chi connectivity index (χ2n) is 3.47. The van der Waals surface area contributed by atoms with Crippen molar-refractivity contribution in [2.45, 2.75) is 4.90 Å². The molecular formula is C9H11N5O5S. The standard InChI is InChI=1S/C9H11N5O5S/c10-8(11)14-9(12)13-6-2-1-4(20(17,18)19)3-5(6)7(15)16/h1-3H,(H,15,16)(H,17,18,19)(H6,10,11,12,13,14). The lowest BCUT2D eigenvalue weighted by Crippen LogP contribution is -2.26. The fourth-order valence-electron chi connectivity index (χ4n) is 1.23. The van der Waals surface area contributed by atoms with Crippen molar-refractivity contribution in [1.29, 1.82) is 0 Å². The molecule has 20 heavy (non-hydrogen) atoms. The fourth-order valence-corrected chi connectivity index (χ4v) is 1.73. The van der Waals surface area contributed by atoms with Gasteiger partial charge in [0.15, 0.2) is 5.96 Å². The molecule has 0 aromatic heterocycles. The predicted octanol–water partition coefficient (Wildman–Crippen LogP) is -1.15. The van der Waals surface area contributed by atoms with Crippen molar-refractivity contribution in [3.8, 4) is 0 Å². The highest BCUT2D eigenvalue weighted by atomic mass is 32.2. The normalized spacial score (nSPS) is 11.9. The highest BCUT2D eigenvalue weighted by Crippen LogP contribution is 2.23. The molecule has 0 spiro atoms. The number of aliphatic imine (C=N–C) groups is 2. The second kappa shape index (κ2) is 5.54. The van der Waals surface area contributed by atoms with E-state index in [9.17, 15) is 13.2 Å². The largest absolute Gasteiger partial charge is 0.478 e. The van der Waals surface area contributed by atoms with Gasteiger partial charge in [0.2, 0.25) is 5.96 Å². The zero-order valence-electron chi connectivity index (χ0n) is 9.89. The summed E-state index contributed by atoms with van der Waals surface area (Å²) in [7, 11) is -4.53. The van der Waals surface area contributed by atoms with E-state index in [1.807, 2.05) is 0 Å². The third-order valence-electron chi connectivity index (χ3n) is 1.97. The molecule has 0 atom stereocenters. The highest BCUT2D eigenvalue weighted by molar-refractivity contribution is 7.85. The lowest BCUT2D eigenvalue weighted by Gasteiger charge is -2.04. The molecule has 0 aliphatic carbocycles. The number of carboxylic acid groups (broad SMARTS) is 1. The summed E-state index contributed by atoms with van der Waals surface area (Å²) in [6, 6.07) is 2.74. The fraction of sp³-hybridized carbons (Fsp3) is 0. The summed E-state index contributed by atoms with van der Waals surface area (Å²) >= 11 is 0. The molecule has 0 aliphatic heterocycles. The number of hydrogen-bond donors (Lipinski definition) is 5. The summed E-state index contributed by atoms with van der Waals surface area (Å²) in [5.74, 6) is -2.25. The van der Waals surface area contributed by atoms with Crippen molar-refractivity contribution >= 4 is 33.7 Å². The van der Waals surface area contributed by atoms with Gasteiger partial charge in [-0.25, -0.2) is 9.79 Å². The van der Waals surface area contributed by atoms with E-state index >= 15 is 0 Å². The number of nitrogens with two attached hydrogens (primary N) is 3. The lowest BCUT2D eigenvalue weighted by molar-refractivity contribution is 0.0697. The number of aromatic carboxylic acids is 1. The Morgan fingerprint density at radius 2 is 1.80 bits per heavy atom. The smallest absolute Gasteiger partial charge is 0.337 e. The van der Waals surface area contributed by atoms with Crippen LogP contribution in [0.2, 0.25) is 0 Å². The van der Waals surface area contributed by atoms with Gasteiger partial charge in [0.1, 0.15) is 0 Å². The SMILES string of the molecule is NC(N)=NC(N)=Nc1ccc(S(=O)(=O)O)cc1C(=O)O. The maximum atomic E-state index is 11.0. The van der Waals surface area contributed by atoms with Gasteiger partial charge in [-0.2, -0.15) is 13.4 Å². The summed E-state index contributed by atoms with van der Waals surface area (Å²) in [4.78, 5) is 17.5. The molecule has 108 valence electrons. The van der Waals surface area contributed by atoms with Crippen LogP contribution in [0.3, 0.4) is 0 Å². The first-order valence-electron chi connectivity index (χ1n) is 4.90. The second-order valence-corrected chi connectivity index (χ2v) is 4.89. The van der Waals surface area contributed by atoms with Crippen LogP contribution in [0.4, 0.5) is 5.69 Å². The van der Waals surface area contributed by atoms with Crippen molar-refractivity contribution in [2.24, 2.45) is 27.2 Å². The van der Waals surface area contributed by atoms with E-state index in [2.05, 4.69) is 9.98 Å². The minimum Gasteiger partial charge on any atom is -0.478 e. The van der Waals surface area contributed by atoms with Gasteiger partial charge < -0.3 is 22.3 Å². The number of carbonyl (C=O) groups is 1. The molecule has 11 heteroatoms. The van der Waals surface area contributed by atoms with Crippen LogP contribution in [0.15, 0.2) is 33.1 Å². The Labute approximate surface area is 113 Å². The molecule has 1 aromatic carbocycles. The zero-order chi connectivity index (χ0) is 15.5. The maximum Gasteiger partial charge on any atom is 0.337 e. The average molecular weight is 301 g/mol. The van der Waals surface area contributed by atoms with Crippen LogP contribution in [-0.2, 0) is 10.1 Å².